The third-order valence-corrected chi connectivity index (χ3v) is 6.56. The van der Waals surface area contributed by atoms with Crippen molar-refractivity contribution in [2.75, 3.05) is 13.2 Å². The predicted octanol–water partition coefficient (Wildman–Crippen LogP) is -3.83. The molecule has 0 aromatic carbocycles. The number of nitrogens with zero attached hydrogens (tertiary/aromatic N) is 4. The van der Waals surface area contributed by atoms with Crippen molar-refractivity contribution in [2.45, 2.75) is 49.1 Å². The lowest BCUT2D eigenvalue weighted by molar-refractivity contribution is -0.0546. The molecule has 19 nitrogen and oxygen atoms in total. The fourth-order valence-corrected chi connectivity index (χ4v) is 4.54. The Labute approximate surface area is 200 Å². The molecule has 36 heavy (non-hydrogen) atoms. The minimum atomic E-state index is -4.87. The van der Waals surface area contributed by atoms with Gasteiger partial charge in [0.1, 0.15) is 43.0 Å². The first-order chi connectivity index (χ1) is 16.7. The van der Waals surface area contributed by atoms with Crippen LogP contribution in [0, 0.1) is 5.41 Å². The summed E-state index contributed by atoms with van der Waals surface area (Å²) in [6, 6.07) is 0. The molecule has 2 aliphatic rings. The van der Waals surface area contributed by atoms with E-state index >= 15 is 0 Å². The summed E-state index contributed by atoms with van der Waals surface area (Å²) in [6.45, 7) is -1.47. The summed E-state index contributed by atoms with van der Waals surface area (Å²) >= 11 is 0. The molecular weight excluding hydrogens is 536 g/mol. The van der Waals surface area contributed by atoms with Crippen molar-refractivity contribution in [2.24, 2.45) is 0 Å². The Morgan fingerprint density at radius 1 is 0.806 bits per heavy atom. The molecule has 8 atom stereocenters. The van der Waals surface area contributed by atoms with Gasteiger partial charge >= 0.3 is 15.6 Å². The Morgan fingerprint density at radius 2 is 1.25 bits per heavy atom. The quantitative estimate of drug-likeness (QED) is 0.140. The molecule has 0 spiro atoms. The molecule has 21 heteroatoms. The summed E-state index contributed by atoms with van der Waals surface area (Å²) in [6.07, 6.45) is -9.60. The number of phosphoric acid groups is 2. The molecule has 0 bridgehead atoms. The molecule has 2 aromatic heterocycles. The number of rotatable bonds is 8. The van der Waals surface area contributed by atoms with E-state index in [-0.39, 0.29) is 16.7 Å². The lowest BCUT2D eigenvalue weighted by Crippen LogP contribution is -2.36. The molecular formula is C15H23N5O14P2. The van der Waals surface area contributed by atoms with Crippen LogP contribution in [-0.4, -0.2) is 109 Å². The van der Waals surface area contributed by atoms with Gasteiger partial charge in [-0.05, 0) is 0 Å². The van der Waals surface area contributed by atoms with Gasteiger partial charge in [-0.15, -0.1) is 0 Å². The molecule has 202 valence electrons. The predicted molar refractivity (Wildman–Crippen MR) is 109 cm³/mol. The zero-order valence-electron chi connectivity index (χ0n) is 17.9. The first-order valence-corrected chi connectivity index (χ1v) is 13.2. The molecule has 2 saturated heterocycles. The summed E-state index contributed by atoms with van der Waals surface area (Å²) < 4.78 is 43.5. The van der Waals surface area contributed by atoms with E-state index in [1.54, 1.807) is 0 Å². The number of ether oxygens (including phenoxy) is 2. The Kier molecular flexibility index (Phi) is 7.52. The number of hydrogen-bond acceptors (Lipinski definition) is 13. The molecule has 0 radical (unpaired) electrons. The van der Waals surface area contributed by atoms with Gasteiger partial charge in [-0.25, -0.2) is 19.1 Å². The van der Waals surface area contributed by atoms with Crippen molar-refractivity contribution >= 4 is 26.8 Å². The molecule has 0 saturated carbocycles. The van der Waals surface area contributed by atoms with Gasteiger partial charge in [-0.2, -0.15) is 0 Å². The van der Waals surface area contributed by atoms with Crippen LogP contribution >= 0.6 is 15.6 Å². The number of aliphatic hydroxyl groups is 4. The van der Waals surface area contributed by atoms with Gasteiger partial charge in [0.2, 0.25) is 0 Å². The SMILES string of the molecule is N=c1c2ncn([C@@H]3O[C@H](COP(=O)(O)O)[C@@H](O)[C@H]3O)c2ncn1[C@H]1O[C@H](COP(=O)(O)O)[C@@H](O)[C@H]1O. The molecule has 2 aromatic rings. The van der Waals surface area contributed by atoms with Crippen LogP contribution < -0.4 is 5.49 Å². The van der Waals surface area contributed by atoms with Crippen LogP contribution in [0.4, 0.5) is 0 Å². The first kappa shape index (κ1) is 27.4. The maximum atomic E-state index is 10.9. The topological polar surface area (TPSA) is 292 Å². The van der Waals surface area contributed by atoms with E-state index < -0.39 is 77.9 Å². The average Bonchev–Trinajstić information content (AvgIpc) is 3.41. The zero-order valence-corrected chi connectivity index (χ0v) is 19.7. The number of hydrogen-bond donors (Lipinski definition) is 9. The molecule has 0 amide bonds. The van der Waals surface area contributed by atoms with Crippen molar-refractivity contribution in [3.8, 4) is 0 Å². The number of nitrogens with one attached hydrogen (secondary N) is 1. The second-order valence-corrected chi connectivity index (χ2v) is 10.5. The number of fused-ring (bicyclic) bond motifs is 1. The normalized spacial score (nSPS) is 33.6. The van der Waals surface area contributed by atoms with Crippen molar-refractivity contribution < 1.29 is 67.7 Å². The third kappa shape index (κ3) is 5.45. The largest absolute Gasteiger partial charge is 0.469 e. The molecule has 2 fully saturated rings. The number of imidazole rings is 1. The molecule has 4 heterocycles. The standard InChI is InChI=1S/C15H23N5O14P2/c16-12-7-13(18-4-19(12)14-10(23)8(21)5(33-14)1-31-35(25,26)27)20(3-17-7)15-11(24)9(22)6(34-15)2-32-36(28,29)30/h3-6,8-11,14-16,21-24H,1-2H2,(H2,25,26,27)(H2,28,29,30)/t5-,6-,8-,9-,10-,11-,14+,15-/m1/s1. The molecule has 0 aliphatic carbocycles. The third-order valence-electron chi connectivity index (χ3n) is 5.59. The van der Waals surface area contributed by atoms with Gasteiger partial charge in [0.25, 0.3) is 0 Å². The highest BCUT2D eigenvalue weighted by atomic mass is 31.2. The molecule has 9 N–H and O–H groups in total. The summed E-state index contributed by atoms with van der Waals surface area (Å²) in [7, 11) is -9.73. The fourth-order valence-electron chi connectivity index (χ4n) is 3.86. The molecule has 2 aliphatic heterocycles. The van der Waals surface area contributed by atoms with Gasteiger partial charge in [0.05, 0.1) is 19.5 Å². The van der Waals surface area contributed by atoms with E-state index in [9.17, 15) is 29.6 Å². The monoisotopic (exact) mass is 559 g/mol. The van der Waals surface area contributed by atoms with Crippen LogP contribution in [0.5, 0.6) is 0 Å². The average molecular weight is 559 g/mol. The minimum Gasteiger partial charge on any atom is -0.387 e. The van der Waals surface area contributed by atoms with Crippen LogP contribution in [0.25, 0.3) is 11.2 Å². The van der Waals surface area contributed by atoms with Crippen molar-refractivity contribution in [1.82, 2.24) is 19.1 Å². The molecule has 4 rings (SSSR count). The summed E-state index contributed by atoms with van der Waals surface area (Å²) in [5.41, 5.74) is -0.475. The second kappa shape index (κ2) is 9.90. The van der Waals surface area contributed by atoms with Crippen LogP contribution in [0.15, 0.2) is 12.7 Å². The summed E-state index contributed by atoms with van der Waals surface area (Å²) in [4.78, 5) is 43.5. The first-order valence-electron chi connectivity index (χ1n) is 10.1. The van der Waals surface area contributed by atoms with E-state index in [1.807, 2.05) is 0 Å². The van der Waals surface area contributed by atoms with E-state index in [2.05, 4.69) is 19.0 Å². The van der Waals surface area contributed by atoms with Crippen molar-refractivity contribution in [1.29, 1.82) is 5.41 Å². The van der Waals surface area contributed by atoms with Crippen LogP contribution in [0.1, 0.15) is 12.5 Å². The van der Waals surface area contributed by atoms with Gasteiger partial charge in [-0.1, -0.05) is 0 Å². The van der Waals surface area contributed by atoms with Crippen molar-refractivity contribution in [3.05, 3.63) is 18.1 Å². The van der Waals surface area contributed by atoms with Gasteiger partial charge in [0, 0.05) is 0 Å². The minimum absolute atomic E-state index is 0.0153. The zero-order chi connectivity index (χ0) is 26.6. The lowest BCUT2D eigenvalue weighted by Gasteiger charge is -2.19. The number of aliphatic hydroxyl groups excluding tert-OH is 4. The van der Waals surface area contributed by atoms with E-state index in [1.165, 1.54) is 4.57 Å². The van der Waals surface area contributed by atoms with Gasteiger partial charge < -0.3 is 49.5 Å². The maximum Gasteiger partial charge on any atom is 0.469 e. The second-order valence-electron chi connectivity index (χ2n) is 7.99. The number of phosphoric ester groups is 2. The van der Waals surface area contributed by atoms with Crippen molar-refractivity contribution in [3.63, 3.8) is 0 Å². The van der Waals surface area contributed by atoms with E-state index in [0.717, 1.165) is 17.2 Å². The van der Waals surface area contributed by atoms with Crippen LogP contribution in [0.3, 0.4) is 0 Å². The Morgan fingerprint density at radius 3 is 1.72 bits per heavy atom. The van der Waals surface area contributed by atoms with Gasteiger partial charge in [0.15, 0.2) is 29.1 Å². The highest BCUT2D eigenvalue weighted by Crippen LogP contribution is 2.39. The van der Waals surface area contributed by atoms with Crippen LogP contribution in [-0.2, 0) is 27.7 Å². The summed E-state index contributed by atoms with van der Waals surface area (Å²) in [5.74, 6) is 0. The maximum absolute atomic E-state index is 10.9. The Bertz CT molecular complexity index is 1260. The van der Waals surface area contributed by atoms with E-state index in [4.69, 9.17) is 34.5 Å². The highest BCUT2D eigenvalue weighted by molar-refractivity contribution is 7.46. The lowest BCUT2D eigenvalue weighted by atomic mass is 10.1. The smallest absolute Gasteiger partial charge is 0.387 e. The Hall–Kier alpha value is -1.67. The number of aromatic nitrogens is 4. The fraction of sp³-hybridized carbons (Fsp3) is 0.667. The molecule has 0 unspecified atom stereocenters. The van der Waals surface area contributed by atoms with E-state index in [0.29, 0.717) is 0 Å². The van der Waals surface area contributed by atoms with Gasteiger partial charge in [-0.3, -0.25) is 23.6 Å². The Balaban J connectivity index is 1.57. The van der Waals surface area contributed by atoms with Crippen LogP contribution in [0.2, 0.25) is 0 Å². The highest BCUT2D eigenvalue weighted by Gasteiger charge is 2.46. The summed E-state index contributed by atoms with van der Waals surface area (Å²) in [5, 5.41) is 49.5.